The summed E-state index contributed by atoms with van der Waals surface area (Å²) in [5.41, 5.74) is 0.0598. The van der Waals surface area contributed by atoms with Crippen LogP contribution in [-0.2, 0) is 14.3 Å². The molecule has 4 heteroatoms. The SMILES string of the molecule is CCCCCCCCCCCCC/C=C(\N=C=O)C(=O)OC. The summed E-state index contributed by atoms with van der Waals surface area (Å²) in [5, 5.41) is 0. The molecule has 0 unspecified atom stereocenters. The maximum atomic E-state index is 11.3. The molecule has 0 saturated heterocycles. The van der Waals surface area contributed by atoms with Gasteiger partial charge in [0.25, 0.3) is 0 Å². The first-order valence-electron chi connectivity index (χ1n) is 8.62. The Labute approximate surface area is 135 Å². The van der Waals surface area contributed by atoms with Gasteiger partial charge in [0, 0.05) is 0 Å². The first kappa shape index (κ1) is 20.6. The Kier molecular flexibility index (Phi) is 14.9. The Morgan fingerprint density at radius 3 is 1.91 bits per heavy atom. The van der Waals surface area contributed by atoms with Crippen molar-refractivity contribution in [2.45, 2.75) is 84.0 Å². The van der Waals surface area contributed by atoms with E-state index in [-0.39, 0.29) is 5.70 Å². The van der Waals surface area contributed by atoms with E-state index in [2.05, 4.69) is 16.7 Å². The van der Waals surface area contributed by atoms with Crippen LogP contribution in [0.5, 0.6) is 0 Å². The van der Waals surface area contributed by atoms with Gasteiger partial charge in [0.05, 0.1) is 7.11 Å². The highest BCUT2D eigenvalue weighted by Gasteiger charge is 2.06. The number of carbonyl (C=O) groups excluding carboxylic acids is 2. The van der Waals surface area contributed by atoms with Crippen LogP contribution in [0.3, 0.4) is 0 Å². The quantitative estimate of drug-likeness (QED) is 0.148. The van der Waals surface area contributed by atoms with E-state index in [4.69, 9.17) is 0 Å². The zero-order valence-corrected chi connectivity index (χ0v) is 14.2. The molecule has 0 aliphatic heterocycles. The molecule has 0 atom stereocenters. The molecule has 0 fully saturated rings. The molecule has 0 amide bonds. The first-order valence-corrected chi connectivity index (χ1v) is 8.62. The predicted octanol–water partition coefficient (Wildman–Crippen LogP) is 5.08. The molecule has 0 spiro atoms. The molecule has 0 radical (unpaired) electrons. The maximum absolute atomic E-state index is 11.3. The van der Waals surface area contributed by atoms with Crippen molar-refractivity contribution in [2.75, 3.05) is 7.11 Å². The van der Waals surface area contributed by atoms with Gasteiger partial charge in [0.2, 0.25) is 6.08 Å². The third-order valence-corrected chi connectivity index (χ3v) is 3.71. The Morgan fingerprint density at radius 1 is 0.955 bits per heavy atom. The highest BCUT2D eigenvalue weighted by Crippen LogP contribution is 2.12. The van der Waals surface area contributed by atoms with Crippen LogP contribution in [-0.4, -0.2) is 19.2 Å². The van der Waals surface area contributed by atoms with E-state index in [0.717, 1.165) is 19.3 Å². The highest BCUT2D eigenvalue weighted by molar-refractivity contribution is 5.88. The zero-order chi connectivity index (χ0) is 16.5. The smallest absolute Gasteiger partial charge is 0.357 e. The minimum absolute atomic E-state index is 0.0598. The Bertz CT molecular complexity index is 357. The van der Waals surface area contributed by atoms with Crippen molar-refractivity contribution < 1.29 is 14.3 Å². The number of carbonyl (C=O) groups is 1. The standard InChI is InChI=1S/C18H31NO3/c1-3-4-5-6-7-8-9-10-11-12-13-14-15-17(19-16-20)18(21)22-2/h15H,3-14H2,1-2H3/b17-15-. The molecule has 4 nitrogen and oxygen atoms in total. The summed E-state index contributed by atoms with van der Waals surface area (Å²) in [4.78, 5) is 24.8. The normalized spacial score (nSPS) is 11.1. The molecule has 0 aliphatic carbocycles. The number of hydrogen-bond acceptors (Lipinski definition) is 4. The monoisotopic (exact) mass is 309 g/mol. The lowest BCUT2D eigenvalue weighted by Crippen LogP contribution is -2.02. The largest absolute Gasteiger partial charge is 0.464 e. The van der Waals surface area contributed by atoms with Crippen LogP contribution in [0.4, 0.5) is 0 Å². The lowest BCUT2D eigenvalue weighted by molar-refractivity contribution is -0.136. The fraction of sp³-hybridized carbons (Fsp3) is 0.778. The summed E-state index contributed by atoms with van der Waals surface area (Å²) in [5.74, 6) is -0.577. The van der Waals surface area contributed by atoms with Crippen LogP contribution in [0.15, 0.2) is 16.8 Å². The van der Waals surface area contributed by atoms with Gasteiger partial charge in [-0.15, -0.1) is 0 Å². The van der Waals surface area contributed by atoms with Gasteiger partial charge in [0.15, 0.2) is 5.70 Å². The molecule has 0 aromatic heterocycles. The van der Waals surface area contributed by atoms with Gasteiger partial charge in [-0.2, -0.15) is 4.99 Å². The summed E-state index contributed by atoms with van der Waals surface area (Å²) in [7, 11) is 1.28. The minimum Gasteiger partial charge on any atom is -0.464 e. The molecule has 0 bridgehead atoms. The molecule has 0 N–H and O–H groups in total. The van der Waals surface area contributed by atoms with Crippen molar-refractivity contribution >= 4 is 12.0 Å². The lowest BCUT2D eigenvalue weighted by atomic mass is 10.1. The number of ether oxygens (including phenoxy) is 1. The van der Waals surface area contributed by atoms with Gasteiger partial charge in [-0.25, -0.2) is 9.59 Å². The van der Waals surface area contributed by atoms with Gasteiger partial charge in [-0.1, -0.05) is 77.2 Å². The molecule has 0 rings (SSSR count). The van der Waals surface area contributed by atoms with E-state index in [1.807, 2.05) is 0 Å². The summed E-state index contributed by atoms with van der Waals surface area (Å²) < 4.78 is 4.54. The molecule has 0 aromatic carbocycles. The summed E-state index contributed by atoms with van der Waals surface area (Å²) in [6.07, 6.45) is 17.9. The molecule has 0 heterocycles. The van der Waals surface area contributed by atoms with E-state index < -0.39 is 5.97 Å². The Hall–Kier alpha value is -1.41. The maximum Gasteiger partial charge on any atom is 0.357 e. The number of unbranched alkanes of at least 4 members (excludes halogenated alkanes) is 11. The van der Waals surface area contributed by atoms with Gasteiger partial charge >= 0.3 is 5.97 Å². The average Bonchev–Trinajstić information content (AvgIpc) is 2.54. The second kappa shape index (κ2) is 16.0. The molecule has 126 valence electrons. The molecular weight excluding hydrogens is 278 g/mol. The van der Waals surface area contributed by atoms with E-state index in [9.17, 15) is 9.59 Å². The van der Waals surface area contributed by atoms with Crippen molar-refractivity contribution in [1.29, 1.82) is 0 Å². The number of isocyanates is 1. The Morgan fingerprint density at radius 2 is 1.45 bits per heavy atom. The first-order chi connectivity index (χ1) is 10.8. The van der Waals surface area contributed by atoms with Crippen molar-refractivity contribution in [3.63, 3.8) is 0 Å². The summed E-state index contributed by atoms with van der Waals surface area (Å²) >= 11 is 0. The number of esters is 1. The lowest BCUT2D eigenvalue weighted by Gasteiger charge is -2.02. The van der Waals surface area contributed by atoms with Crippen molar-refractivity contribution in [1.82, 2.24) is 0 Å². The van der Waals surface area contributed by atoms with E-state index in [1.165, 1.54) is 71.0 Å². The minimum atomic E-state index is -0.577. The fourth-order valence-corrected chi connectivity index (χ4v) is 2.38. The van der Waals surface area contributed by atoms with E-state index >= 15 is 0 Å². The van der Waals surface area contributed by atoms with Crippen LogP contribution < -0.4 is 0 Å². The van der Waals surface area contributed by atoms with Crippen LogP contribution in [0, 0.1) is 0 Å². The van der Waals surface area contributed by atoms with Crippen molar-refractivity contribution in [3.05, 3.63) is 11.8 Å². The van der Waals surface area contributed by atoms with Gasteiger partial charge in [-0.3, -0.25) is 0 Å². The third-order valence-electron chi connectivity index (χ3n) is 3.71. The molecular formula is C18H31NO3. The second-order valence-corrected chi connectivity index (χ2v) is 5.61. The number of nitrogens with zero attached hydrogens (tertiary/aromatic N) is 1. The van der Waals surface area contributed by atoms with Gasteiger partial charge in [-0.05, 0) is 12.8 Å². The number of aliphatic imine (C=N–C) groups is 1. The predicted molar refractivity (Wildman–Crippen MR) is 89.3 cm³/mol. The highest BCUT2D eigenvalue weighted by atomic mass is 16.5. The number of methoxy groups -OCH3 is 1. The zero-order valence-electron chi connectivity index (χ0n) is 14.2. The topological polar surface area (TPSA) is 55.7 Å². The van der Waals surface area contributed by atoms with E-state index in [0.29, 0.717) is 0 Å². The van der Waals surface area contributed by atoms with Crippen molar-refractivity contribution in [2.24, 2.45) is 4.99 Å². The number of rotatable bonds is 14. The fourth-order valence-electron chi connectivity index (χ4n) is 2.38. The van der Waals surface area contributed by atoms with Crippen LogP contribution in [0.25, 0.3) is 0 Å². The average molecular weight is 309 g/mol. The van der Waals surface area contributed by atoms with Crippen LogP contribution >= 0.6 is 0 Å². The summed E-state index contributed by atoms with van der Waals surface area (Å²) in [6, 6.07) is 0. The van der Waals surface area contributed by atoms with Crippen LogP contribution in [0.1, 0.15) is 84.0 Å². The Balaban J connectivity index is 3.52. The second-order valence-electron chi connectivity index (χ2n) is 5.61. The summed E-state index contributed by atoms with van der Waals surface area (Å²) in [6.45, 7) is 2.24. The molecule has 0 aromatic rings. The molecule has 0 aliphatic rings. The van der Waals surface area contributed by atoms with E-state index in [1.54, 1.807) is 6.08 Å². The number of hydrogen-bond donors (Lipinski definition) is 0. The van der Waals surface area contributed by atoms with Crippen LogP contribution in [0.2, 0.25) is 0 Å². The van der Waals surface area contributed by atoms with Crippen molar-refractivity contribution in [3.8, 4) is 0 Å². The molecule has 22 heavy (non-hydrogen) atoms. The van der Waals surface area contributed by atoms with Gasteiger partial charge < -0.3 is 4.74 Å². The van der Waals surface area contributed by atoms with Gasteiger partial charge in [0.1, 0.15) is 0 Å². The number of allylic oxidation sites excluding steroid dienone is 1. The third kappa shape index (κ3) is 12.3. The molecule has 0 saturated carbocycles.